The summed E-state index contributed by atoms with van der Waals surface area (Å²) in [6.07, 6.45) is 0. The summed E-state index contributed by atoms with van der Waals surface area (Å²) in [5.41, 5.74) is 4.91. The van der Waals surface area contributed by atoms with Crippen LogP contribution >= 0.6 is 11.6 Å². The Morgan fingerprint density at radius 2 is 1.46 bits per heavy atom. The largest absolute Gasteiger partial charge is 0.507 e. The van der Waals surface area contributed by atoms with Crippen LogP contribution in [0.4, 0.5) is 0 Å². The second-order valence-electron chi connectivity index (χ2n) is 6.35. The molecule has 0 saturated heterocycles. The molecule has 3 nitrogen and oxygen atoms in total. The van der Waals surface area contributed by atoms with Crippen LogP contribution < -0.4 is 4.74 Å². The summed E-state index contributed by atoms with van der Waals surface area (Å²) in [5.74, 6) is 0.905. The highest BCUT2D eigenvalue weighted by molar-refractivity contribution is 6.31. The Morgan fingerprint density at radius 3 is 2.25 bits per heavy atom. The number of hydrogen-bond acceptors (Lipinski definition) is 3. The molecule has 0 spiro atoms. The second-order valence-corrected chi connectivity index (χ2v) is 6.79. The maximum Gasteiger partial charge on any atom is 0.126 e. The summed E-state index contributed by atoms with van der Waals surface area (Å²) < 4.78 is 5.54. The number of aromatic hydroxyl groups is 1. The summed E-state index contributed by atoms with van der Waals surface area (Å²) >= 11 is 6.17. The molecule has 0 aliphatic heterocycles. The summed E-state index contributed by atoms with van der Waals surface area (Å²) in [4.78, 5) is 4.80. The molecule has 0 atom stereocenters. The number of phenols is 1. The van der Waals surface area contributed by atoms with Crippen LogP contribution in [-0.2, 0) is 0 Å². The van der Waals surface area contributed by atoms with Gasteiger partial charge in [-0.25, -0.2) is 4.98 Å². The van der Waals surface area contributed by atoms with Gasteiger partial charge in [-0.2, -0.15) is 0 Å². The van der Waals surface area contributed by atoms with Gasteiger partial charge in [0.05, 0.1) is 18.5 Å². The van der Waals surface area contributed by atoms with Gasteiger partial charge < -0.3 is 9.84 Å². The number of phenolic OH excluding ortho intramolecular Hbond substituents is 1. The lowest BCUT2D eigenvalue weighted by Crippen LogP contribution is -1.93. The average molecular weight is 388 g/mol. The minimum absolute atomic E-state index is 0.132. The van der Waals surface area contributed by atoms with Crippen LogP contribution in [-0.4, -0.2) is 17.2 Å². The van der Waals surface area contributed by atoms with Gasteiger partial charge in [-0.05, 0) is 42.0 Å². The molecule has 0 unspecified atom stereocenters. The molecule has 138 valence electrons. The predicted molar refractivity (Wildman–Crippen MR) is 114 cm³/mol. The van der Waals surface area contributed by atoms with Gasteiger partial charge in [0.15, 0.2) is 0 Å². The van der Waals surface area contributed by atoms with Crippen molar-refractivity contribution in [2.75, 3.05) is 7.11 Å². The third-order valence-corrected chi connectivity index (χ3v) is 4.78. The first-order valence-corrected chi connectivity index (χ1v) is 9.23. The summed E-state index contributed by atoms with van der Waals surface area (Å²) in [6.45, 7) is 0. The lowest BCUT2D eigenvalue weighted by atomic mass is 9.99. The van der Waals surface area contributed by atoms with E-state index in [0.717, 1.165) is 28.1 Å². The standard InChI is InChI=1S/C24H18ClNO2/c1-28-24-10-6-5-9-19(24)17-13-21(16-7-3-2-4-8-16)26-22(14-17)20-15-18(25)11-12-23(20)27/h2-15,27H,1H3. The van der Waals surface area contributed by atoms with E-state index in [0.29, 0.717) is 16.3 Å². The van der Waals surface area contributed by atoms with Gasteiger partial charge in [-0.3, -0.25) is 0 Å². The molecular weight excluding hydrogens is 370 g/mol. The van der Waals surface area contributed by atoms with Crippen molar-refractivity contribution in [3.05, 3.63) is 90.0 Å². The van der Waals surface area contributed by atoms with E-state index < -0.39 is 0 Å². The van der Waals surface area contributed by atoms with Crippen LogP contribution in [0.15, 0.2) is 84.9 Å². The van der Waals surface area contributed by atoms with E-state index in [1.54, 1.807) is 25.3 Å². The monoisotopic (exact) mass is 387 g/mol. The van der Waals surface area contributed by atoms with Crippen molar-refractivity contribution in [1.82, 2.24) is 4.98 Å². The lowest BCUT2D eigenvalue weighted by molar-refractivity contribution is 0.416. The van der Waals surface area contributed by atoms with Crippen molar-refractivity contribution < 1.29 is 9.84 Å². The minimum atomic E-state index is 0.132. The molecule has 0 radical (unpaired) electrons. The summed E-state index contributed by atoms with van der Waals surface area (Å²) in [7, 11) is 1.65. The van der Waals surface area contributed by atoms with Crippen LogP contribution in [0.1, 0.15) is 0 Å². The summed E-state index contributed by atoms with van der Waals surface area (Å²) in [5, 5.41) is 10.9. The van der Waals surface area contributed by atoms with Gasteiger partial charge in [0, 0.05) is 21.7 Å². The highest BCUT2D eigenvalue weighted by atomic mass is 35.5. The first kappa shape index (κ1) is 18.1. The number of halogens is 1. The Balaban J connectivity index is 1.98. The Bertz CT molecular complexity index is 1130. The zero-order chi connectivity index (χ0) is 19.5. The number of methoxy groups -OCH3 is 1. The number of aromatic nitrogens is 1. The van der Waals surface area contributed by atoms with Crippen LogP contribution in [0.25, 0.3) is 33.6 Å². The molecule has 0 saturated carbocycles. The maximum atomic E-state index is 10.4. The van der Waals surface area contributed by atoms with Crippen molar-refractivity contribution >= 4 is 11.6 Å². The second kappa shape index (κ2) is 7.75. The number of hydrogen-bond donors (Lipinski definition) is 1. The van der Waals surface area contributed by atoms with E-state index in [9.17, 15) is 5.11 Å². The predicted octanol–water partition coefficient (Wildman–Crippen LogP) is 6.45. The van der Waals surface area contributed by atoms with Crippen molar-refractivity contribution in [1.29, 1.82) is 0 Å². The van der Waals surface area contributed by atoms with Gasteiger partial charge in [-0.1, -0.05) is 60.1 Å². The molecule has 0 fully saturated rings. The molecule has 0 amide bonds. The maximum absolute atomic E-state index is 10.4. The normalized spacial score (nSPS) is 10.6. The molecule has 4 aromatic rings. The van der Waals surface area contributed by atoms with Gasteiger partial charge in [0.1, 0.15) is 11.5 Å². The zero-order valence-corrected chi connectivity index (χ0v) is 16.0. The SMILES string of the molecule is COc1ccccc1-c1cc(-c2ccccc2)nc(-c2cc(Cl)ccc2O)c1. The van der Waals surface area contributed by atoms with E-state index in [1.165, 1.54) is 0 Å². The molecule has 0 aliphatic rings. The first-order chi connectivity index (χ1) is 13.7. The molecule has 1 heterocycles. The molecule has 1 N–H and O–H groups in total. The van der Waals surface area contributed by atoms with E-state index in [4.69, 9.17) is 21.3 Å². The zero-order valence-electron chi connectivity index (χ0n) is 15.3. The van der Waals surface area contributed by atoms with Crippen LogP contribution in [0.5, 0.6) is 11.5 Å². The lowest BCUT2D eigenvalue weighted by Gasteiger charge is -2.13. The molecule has 1 aromatic heterocycles. The fourth-order valence-electron chi connectivity index (χ4n) is 3.18. The fourth-order valence-corrected chi connectivity index (χ4v) is 3.35. The van der Waals surface area contributed by atoms with Gasteiger partial charge in [-0.15, -0.1) is 0 Å². The highest BCUT2D eigenvalue weighted by Gasteiger charge is 2.14. The van der Waals surface area contributed by atoms with Gasteiger partial charge in [0.2, 0.25) is 0 Å². The number of nitrogens with zero attached hydrogens (tertiary/aromatic N) is 1. The number of para-hydroxylation sites is 1. The first-order valence-electron chi connectivity index (χ1n) is 8.85. The van der Waals surface area contributed by atoms with Gasteiger partial charge >= 0.3 is 0 Å². The minimum Gasteiger partial charge on any atom is -0.507 e. The average Bonchev–Trinajstić information content (AvgIpc) is 2.75. The quantitative estimate of drug-likeness (QED) is 0.437. The Labute approximate surface area is 168 Å². The van der Waals surface area contributed by atoms with Crippen molar-refractivity contribution in [3.8, 4) is 45.1 Å². The third-order valence-electron chi connectivity index (χ3n) is 4.55. The number of ether oxygens (including phenoxy) is 1. The number of pyridine rings is 1. The third kappa shape index (κ3) is 3.57. The van der Waals surface area contributed by atoms with E-state index in [1.807, 2.05) is 66.7 Å². The Morgan fingerprint density at radius 1 is 0.750 bits per heavy atom. The Kier molecular flexibility index (Phi) is 5.00. The fraction of sp³-hybridized carbons (Fsp3) is 0.0417. The van der Waals surface area contributed by atoms with Crippen LogP contribution in [0.2, 0.25) is 5.02 Å². The number of benzene rings is 3. The van der Waals surface area contributed by atoms with Crippen molar-refractivity contribution in [3.63, 3.8) is 0 Å². The Hall–Kier alpha value is -3.30. The van der Waals surface area contributed by atoms with E-state index in [2.05, 4.69) is 0 Å². The molecule has 0 bridgehead atoms. The van der Waals surface area contributed by atoms with E-state index in [-0.39, 0.29) is 5.75 Å². The van der Waals surface area contributed by atoms with Crippen LogP contribution in [0.3, 0.4) is 0 Å². The van der Waals surface area contributed by atoms with E-state index >= 15 is 0 Å². The van der Waals surface area contributed by atoms with Crippen molar-refractivity contribution in [2.45, 2.75) is 0 Å². The van der Waals surface area contributed by atoms with Crippen LogP contribution in [0, 0.1) is 0 Å². The van der Waals surface area contributed by atoms with Crippen molar-refractivity contribution in [2.24, 2.45) is 0 Å². The highest BCUT2D eigenvalue weighted by Crippen LogP contribution is 2.37. The molecule has 3 aromatic carbocycles. The smallest absolute Gasteiger partial charge is 0.126 e. The molecule has 28 heavy (non-hydrogen) atoms. The number of rotatable bonds is 4. The summed E-state index contributed by atoms with van der Waals surface area (Å²) in [6, 6.07) is 26.7. The molecule has 0 aliphatic carbocycles. The molecular formula is C24H18ClNO2. The molecule has 4 rings (SSSR count). The topological polar surface area (TPSA) is 42.4 Å². The van der Waals surface area contributed by atoms with Gasteiger partial charge in [0.25, 0.3) is 0 Å². The molecule has 4 heteroatoms.